The van der Waals surface area contributed by atoms with Crippen LogP contribution in [0.5, 0.6) is 0 Å². The number of hydrogen-bond donors (Lipinski definition) is 0. The number of nitrogens with zero attached hydrogens (tertiary/aromatic N) is 1. The number of halogens is 2. The van der Waals surface area contributed by atoms with E-state index in [9.17, 15) is 13.2 Å². The summed E-state index contributed by atoms with van der Waals surface area (Å²) in [4.78, 5) is 12.7. The average molecular weight is 592 g/mol. The third-order valence-corrected chi connectivity index (χ3v) is 9.34. The molecule has 0 aromatic heterocycles. The Morgan fingerprint density at radius 3 is 2.15 bits per heavy atom. The maximum absolute atomic E-state index is 14.0. The molecular weight excluding hydrogens is 560 g/mol. The van der Waals surface area contributed by atoms with Crippen molar-refractivity contribution in [2.75, 3.05) is 17.5 Å². The van der Waals surface area contributed by atoms with Gasteiger partial charge in [-0.2, -0.15) is 0 Å². The van der Waals surface area contributed by atoms with Gasteiger partial charge in [-0.05, 0) is 69.2 Å². The maximum atomic E-state index is 14.0. The number of hydrogen-bond acceptors (Lipinski definition) is 6. The molecule has 39 heavy (non-hydrogen) atoms. The van der Waals surface area contributed by atoms with Crippen LogP contribution in [0.25, 0.3) is 10.8 Å². The minimum atomic E-state index is -4.28. The van der Waals surface area contributed by atoms with Crippen LogP contribution < -0.4 is 9.77 Å². The standard InChI is InChI=1S/C28H32BCl2NO6S/c1-6-7-14-36-26(33)18-32(39(34,35)21-16-19(30)15-20(31)17-21)25-13-9-10-22-23(25)11-8-12-24(22)29-37-27(2,3)28(4,5)38-29/h8-13,15-17H,6-7,14,18H2,1-5H3. The van der Waals surface area contributed by atoms with E-state index in [0.29, 0.717) is 17.5 Å². The number of benzene rings is 3. The molecule has 0 bridgehead atoms. The van der Waals surface area contributed by atoms with Gasteiger partial charge in [0.15, 0.2) is 0 Å². The SMILES string of the molecule is CCCCOC(=O)CN(c1cccc2c(B3OC(C)(C)C(C)(C)O3)cccc12)S(=O)(=O)c1cc(Cl)cc(Cl)c1. The predicted octanol–water partition coefficient (Wildman–Crippen LogP) is 5.98. The molecule has 1 fully saturated rings. The lowest BCUT2D eigenvalue weighted by Crippen LogP contribution is -2.41. The number of unbranched alkanes of at least 4 members (excludes halogenated alkanes) is 1. The normalized spacial score (nSPS) is 16.4. The molecule has 1 saturated heterocycles. The number of esters is 1. The number of anilines is 1. The molecule has 0 radical (unpaired) electrons. The second-order valence-corrected chi connectivity index (χ2v) is 13.2. The van der Waals surface area contributed by atoms with Gasteiger partial charge in [0, 0.05) is 15.4 Å². The predicted molar refractivity (Wildman–Crippen MR) is 157 cm³/mol. The summed E-state index contributed by atoms with van der Waals surface area (Å²) in [7, 11) is -4.95. The van der Waals surface area contributed by atoms with Gasteiger partial charge in [0.25, 0.3) is 10.0 Å². The fourth-order valence-electron chi connectivity index (χ4n) is 4.31. The van der Waals surface area contributed by atoms with Crippen molar-refractivity contribution in [2.24, 2.45) is 0 Å². The Morgan fingerprint density at radius 1 is 0.949 bits per heavy atom. The summed E-state index contributed by atoms with van der Waals surface area (Å²) in [5.41, 5.74) is -0.0574. The van der Waals surface area contributed by atoms with Crippen molar-refractivity contribution < 1.29 is 27.3 Å². The smallest absolute Gasteiger partial charge is 0.464 e. The third-order valence-electron chi connectivity index (χ3n) is 7.17. The molecule has 7 nitrogen and oxygen atoms in total. The van der Waals surface area contributed by atoms with Crippen LogP contribution in [-0.4, -0.2) is 45.9 Å². The van der Waals surface area contributed by atoms with Crippen molar-refractivity contribution in [2.45, 2.75) is 63.6 Å². The molecule has 1 aliphatic heterocycles. The summed E-state index contributed by atoms with van der Waals surface area (Å²) < 4.78 is 47.0. The lowest BCUT2D eigenvalue weighted by Gasteiger charge is -2.32. The van der Waals surface area contributed by atoms with E-state index in [-0.39, 0.29) is 21.5 Å². The van der Waals surface area contributed by atoms with E-state index in [0.717, 1.165) is 21.6 Å². The summed E-state index contributed by atoms with van der Waals surface area (Å²) in [6, 6.07) is 14.8. The summed E-state index contributed by atoms with van der Waals surface area (Å²) in [5.74, 6) is -0.667. The second kappa shape index (κ2) is 11.3. The van der Waals surface area contributed by atoms with Crippen LogP contribution in [-0.2, 0) is 28.9 Å². The molecule has 3 aromatic rings. The Labute approximate surface area is 240 Å². The van der Waals surface area contributed by atoms with E-state index >= 15 is 0 Å². The molecule has 0 aliphatic carbocycles. The fraction of sp³-hybridized carbons (Fsp3) is 0.393. The number of carbonyl (C=O) groups is 1. The van der Waals surface area contributed by atoms with Crippen LogP contribution in [0, 0.1) is 0 Å². The topological polar surface area (TPSA) is 82.1 Å². The Hall–Kier alpha value is -2.30. The zero-order valence-corrected chi connectivity index (χ0v) is 25.0. The first-order chi connectivity index (χ1) is 18.3. The van der Waals surface area contributed by atoms with Crippen molar-refractivity contribution >= 4 is 68.2 Å². The highest BCUT2D eigenvalue weighted by molar-refractivity contribution is 7.93. The lowest BCUT2D eigenvalue weighted by atomic mass is 9.76. The van der Waals surface area contributed by atoms with Gasteiger partial charge in [0.1, 0.15) is 6.54 Å². The minimum Gasteiger partial charge on any atom is -0.464 e. The molecule has 4 rings (SSSR count). The Bertz CT molecular complexity index is 1460. The first-order valence-electron chi connectivity index (χ1n) is 12.8. The summed E-state index contributed by atoms with van der Waals surface area (Å²) in [5, 5.41) is 1.65. The molecule has 0 N–H and O–H groups in total. The number of sulfonamides is 1. The molecule has 0 saturated carbocycles. The molecule has 1 aliphatic rings. The number of carbonyl (C=O) groups excluding carboxylic acids is 1. The fourth-order valence-corrected chi connectivity index (χ4v) is 6.46. The summed E-state index contributed by atoms with van der Waals surface area (Å²) >= 11 is 12.3. The number of ether oxygens (including phenoxy) is 1. The quantitative estimate of drug-likeness (QED) is 0.173. The van der Waals surface area contributed by atoms with E-state index in [1.54, 1.807) is 18.2 Å². The molecule has 0 amide bonds. The van der Waals surface area contributed by atoms with Gasteiger partial charge in [-0.25, -0.2) is 8.42 Å². The first-order valence-corrected chi connectivity index (χ1v) is 15.0. The third kappa shape index (κ3) is 6.08. The van der Waals surface area contributed by atoms with Crippen molar-refractivity contribution in [3.8, 4) is 0 Å². The highest BCUT2D eigenvalue weighted by Gasteiger charge is 2.52. The number of rotatable bonds is 9. The van der Waals surface area contributed by atoms with Crippen LogP contribution in [0.1, 0.15) is 47.5 Å². The zero-order valence-electron chi connectivity index (χ0n) is 22.7. The molecule has 11 heteroatoms. The van der Waals surface area contributed by atoms with E-state index in [2.05, 4.69) is 0 Å². The second-order valence-electron chi connectivity index (χ2n) is 10.5. The largest absolute Gasteiger partial charge is 0.495 e. The summed E-state index contributed by atoms with van der Waals surface area (Å²) in [6.45, 7) is 9.53. The van der Waals surface area contributed by atoms with Crippen molar-refractivity contribution in [1.29, 1.82) is 0 Å². The van der Waals surface area contributed by atoms with Gasteiger partial charge in [-0.3, -0.25) is 9.10 Å². The van der Waals surface area contributed by atoms with Gasteiger partial charge in [-0.1, -0.05) is 66.9 Å². The van der Waals surface area contributed by atoms with Crippen LogP contribution >= 0.6 is 23.2 Å². The first kappa shape index (κ1) is 29.7. The Kier molecular flexibility index (Phi) is 8.60. The molecule has 0 atom stereocenters. The van der Waals surface area contributed by atoms with Gasteiger partial charge in [0.2, 0.25) is 0 Å². The van der Waals surface area contributed by atoms with Crippen molar-refractivity contribution in [3.05, 3.63) is 64.6 Å². The number of fused-ring (bicyclic) bond motifs is 1. The van der Waals surface area contributed by atoms with Crippen LogP contribution in [0.15, 0.2) is 59.5 Å². The van der Waals surface area contributed by atoms with Crippen LogP contribution in [0.4, 0.5) is 5.69 Å². The molecular formula is C28H32BCl2NO6S. The van der Waals surface area contributed by atoms with E-state index in [4.69, 9.17) is 37.2 Å². The molecule has 3 aromatic carbocycles. The summed E-state index contributed by atoms with van der Waals surface area (Å²) in [6.07, 6.45) is 1.51. The van der Waals surface area contributed by atoms with Gasteiger partial charge in [0.05, 0.1) is 28.4 Å². The molecule has 1 heterocycles. The van der Waals surface area contributed by atoms with Crippen LogP contribution in [0.3, 0.4) is 0 Å². The monoisotopic (exact) mass is 591 g/mol. The van der Waals surface area contributed by atoms with Crippen LogP contribution in [0.2, 0.25) is 10.0 Å². The van der Waals surface area contributed by atoms with Crippen molar-refractivity contribution in [3.63, 3.8) is 0 Å². The Balaban J connectivity index is 1.84. The highest BCUT2D eigenvalue weighted by Crippen LogP contribution is 2.38. The lowest BCUT2D eigenvalue weighted by molar-refractivity contribution is -0.141. The molecule has 0 spiro atoms. The van der Waals surface area contributed by atoms with E-state index in [1.807, 2.05) is 52.8 Å². The molecule has 208 valence electrons. The zero-order chi connectivity index (χ0) is 28.6. The van der Waals surface area contributed by atoms with Gasteiger partial charge in [-0.15, -0.1) is 0 Å². The van der Waals surface area contributed by atoms with E-state index < -0.39 is 40.9 Å². The van der Waals surface area contributed by atoms with Gasteiger partial charge >= 0.3 is 13.1 Å². The average Bonchev–Trinajstić information content (AvgIpc) is 3.07. The van der Waals surface area contributed by atoms with E-state index in [1.165, 1.54) is 18.2 Å². The highest BCUT2D eigenvalue weighted by atomic mass is 35.5. The molecule has 0 unspecified atom stereocenters. The Morgan fingerprint density at radius 2 is 1.54 bits per heavy atom. The minimum absolute atomic E-state index is 0.138. The van der Waals surface area contributed by atoms with Gasteiger partial charge < -0.3 is 14.0 Å². The maximum Gasteiger partial charge on any atom is 0.495 e. The van der Waals surface area contributed by atoms with Crippen molar-refractivity contribution in [1.82, 2.24) is 0 Å².